The molecule has 0 saturated heterocycles. The van der Waals surface area contributed by atoms with Crippen molar-refractivity contribution in [3.05, 3.63) is 81.8 Å². The molecule has 0 fully saturated rings. The summed E-state index contributed by atoms with van der Waals surface area (Å²) in [5.74, 6) is -11.0. The molecule has 0 aliphatic carbocycles. The number of Topliss-reactive ketones (excluding diaryl/α,β-unsaturated/α-hetero) is 1. The van der Waals surface area contributed by atoms with Crippen LogP contribution in [0.5, 0.6) is 11.5 Å². The van der Waals surface area contributed by atoms with Gasteiger partial charge in [-0.2, -0.15) is 8.42 Å². The van der Waals surface area contributed by atoms with E-state index in [4.69, 9.17) is 0 Å². The highest BCUT2D eigenvalue weighted by Crippen LogP contribution is 2.25. The van der Waals surface area contributed by atoms with Crippen molar-refractivity contribution in [3.63, 3.8) is 0 Å². The Hall–Kier alpha value is -7.25. The molecule has 0 radical (unpaired) electrons. The van der Waals surface area contributed by atoms with E-state index in [0.29, 0.717) is 12.0 Å². The third kappa shape index (κ3) is 16.3. The SMILES string of the molecule is CC[C@@H]1NC(=O)[C@@H](NC(=O)[C@H](C)NC(=O)CNC(=O)c2ccc(O)cc2)CNC(=O)[C@H](CS(=O)(=O)O)NC(=O)/C=C/c2csc(n2)[C@H](Cc2ccc(O)cc2)NC(=O)C(=O)[C@H]([C@@H](C)CC)NC1=O. The number of benzene rings is 2. The molecule has 25 heteroatoms. The van der Waals surface area contributed by atoms with E-state index in [1.807, 2.05) is 0 Å². The second kappa shape index (κ2) is 24.5. The number of hydrogen-bond acceptors (Lipinski definition) is 15. The van der Waals surface area contributed by atoms with Crippen molar-refractivity contribution < 1.29 is 66.3 Å². The molecule has 68 heavy (non-hydrogen) atoms. The Morgan fingerprint density at radius 3 is 2.09 bits per heavy atom. The zero-order chi connectivity index (χ0) is 50.3. The van der Waals surface area contributed by atoms with Gasteiger partial charge in [0.1, 0.15) is 46.4 Å². The van der Waals surface area contributed by atoms with Crippen LogP contribution in [0.3, 0.4) is 0 Å². The van der Waals surface area contributed by atoms with Gasteiger partial charge in [-0.25, -0.2) is 4.98 Å². The summed E-state index contributed by atoms with van der Waals surface area (Å²) in [6.45, 7) is 4.64. The van der Waals surface area contributed by atoms with Crippen LogP contribution in [0.2, 0.25) is 0 Å². The number of fused-ring (bicyclic) bond motifs is 2. The molecule has 0 saturated carbocycles. The number of nitrogens with zero attached hydrogens (tertiary/aromatic N) is 1. The normalized spacial score (nSPS) is 21.4. The van der Waals surface area contributed by atoms with Gasteiger partial charge in [0.15, 0.2) is 0 Å². The first kappa shape index (κ1) is 53.4. The first-order valence-electron chi connectivity index (χ1n) is 21.1. The zero-order valence-corrected chi connectivity index (χ0v) is 38.9. The van der Waals surface area contributed by atoms with E-state index in [1.165, 1.54) is 61.7 Å². The lowest BCUT2D eigenvalue weighted by Gasteiger charge is -2.28. The Morgan fingerprint density at radius 2 is 1.47 bits per heavy atom. The van der Waals surface area contributed by atoms with Crippen molar-refractivity contribution in [1.82, 2.24) is 47.5 Å². The van der Waals surface area contributed by atoms with Gasteiger partial charge >= 0.3 is 0 Å². The summed E-state index contributed by atoms with van der Waals surface area (Å²) in [5.41, 5.74) is 0.902. The van der Waals surface area contributed by atoms with Gasteiger partial charge in [-0.3, -0.25) is 47.7 Å². The summed E-state index contributed by atoms with van der Waals surface area (Å²) >= 11 is 1.05. The average Bonchev–Trinajstić information content (AvgIpc) is 3.77. The number of aromatic nitrogens is 1. The number of phenols is 2. The van der Waals surface area contributed by atoms with Crippen molar-refractivity contribution >= 4 is 80.6 Å². The minimum atomic E-state index is -4.95. The van der Waals surface area contributed by atoms with Gasteiger partial charge in [0, 0.05) is 23.6 Å². The molecular formula is C43H53N9O14S2. The molecule has 8 amide bonds. The fraction of sp³-hybridized carbons (Fsp3) is 0.395. The molecule has 0 spiro atoms. The Kier molecular flexibility index (Phi) is 19.2. The maximum Gasteiger partial charge on any atom is 0.290 e. The topological polar surface area (TPSA) is 358 Å². The molecule has 1 aromatic heterocycles. The maximum absolute atomic E-state index is 13.9. The van der Waals surface area contributed by atoms with Crippen molar-refractivity contribution in [2.24, 2.45) is 5.92 Å². The van der Waals surface area contributed by atoms with Gasteiger partial charge in [-0.1, -0.05) is 39.3 Å². The van der Waals surface area contributed by atoms with E-state index in [9.17, 15) is 66.3 Å². The monoisotopic (exact) mass is 983 g/mol. The highest BCUT2D eigenvalue weighted by Gasteiger charge is 2.36. The summed E-state index contributed by atoms with van der Waals surface area (Å²) in [4.78, 5) is 125. The van der Waals surface area contributed by atoms with E-state index >= 15 is 0 Å². The molecule has 1 aliphatic heterocycles. The molecule has 3 aromatic rings. The third-order valence-corrected chi connectivity index (χ3v) is 12.1. The second-order valence-electron chi connectivity index (χ2n) is 15.7. The number of amides is 8. The van der Waals surface area contributed by atoms with Crippen LogP contribution in [-0.2, 0) is 54.9 Å². The summed E-state index contributed by atoms with van der Waals surface area (Å²) < 4.78 is 33.6. The minimum absolute atomic E-state index is 0.0233. The fourth-order valence-corrected chi connectivity index (χ4v) is 7.89. The Balaban J connectivity index is 1.65. The highest BCUT2D eigenvalue weighted by molar-refractivity contribution is 7.85. The predicted octanol–water partition coefficient (Wildman–Crippen LogP) is -1.12. The summed E-state index contributed by atoms with van der Waals surface area (Å²) in [7, 11) is -4.95. The summed E-state index contributed by atoms with van der Waals surface area (Å²) in [5, 5.41) is 40.1. The molecule has 366 valence electrons. The van der Waals surface area contributed by atoms with Crippen LogP contribution >= 0.6 is 11.3 Å². The highest BCUT2D eigenvalue weighted by atomic mass is 32.2. The van der Waals surface area contributed by atoms with E-state index in [2.05, 4.69) is 47.5 Å². The molecule has 11 N–H and O–H groups in total. The van der Waals surface area contributed by atoms with E-state index in [0.717, 1.165) is 17.4 Å². The van der Waals surface area contributed by atoms with Gasteiger partial charge < -0.3 is 52.7 Å². The van der Waals surface area contributed by atoms with Gasteiger partial charge in [0.05, 0.1) is 24.3 Å². The molecule has 2 heterocycles. The maximum atomic E-state index is 13.9. The van der Waals surface area contributed by atoms with Gasteiger partial charge in [-0.05, 0) is 73.7 Å². The number of hydrogen-bond donors (Lipinski definition) is 11. The standard InChI is InChI=1S/C43H53N9O14S2/c1-5-22(3)35-36(57)42(63)50-30(17-24-7-12-27(53)13-8-24)43-47-26(20-67-43)11-16-33(55)48-32(21-68(64,65)66)39(60)44-18-31(41(62)49-29(6-2)40(61)52-35)51-37(58)23(4)46-34(56)19-45-38(59)25-9-14-28(54)15-10-25/h7-16,20,22-23,29-32,35,53-54H,5-6,17-19,21H2,1-4H3,(H,44,60)(H,45,59)(H,46,56)(H,48,55)(H,49,62)(H,50,63)(H,51,58)(H,52,61)(H,64,65,66)/b16-11+/t22-,23-,29-,30-,31-,32-,35-/m0/s1. The summed E-state index contributed by atoms with van der Waals surface area (Å²) in [6.07, 6.45) is 2.37. The number of nitrogens with one attached hydrogen (secondary N) is 8. The lowest BCUT2D eigenvalue weighted by atomic mass is 9.94. The zero-order valence-electron chi connectivity index (χ0n) is 37.2. The first-order valence-corrected chi connectivity index (χ1v) is 23.6. The van der Waals surface area contributed by atoms with E-state index in [-0.39, 0.29) is 40.6 Å². The molecule has 4 rings (SSSR count). The fourth-order valence-electron chi connectivity index (χ4n) is 6.40. The number of aromatic hydroxyl groups is 2. The molecule has 1 aliphatic rings. The molecule has 2 bridgehead atoms. The van der Waals surface area contributed by atoms with Crippen LogP contribution in [0.15, 0.2) is 60.0 Å². The van der Waals surface area contributed by atoms with Crippen LogP contribution < -0.4 is 42.5 Å². The van der Waals surface area contributed by atoms with Crippen LogP contribution in [0.4, 0.5) is 0 Å². The van der Waals surface area contributed by atoms with Gasteiger partial charge in [0.25, 0.3) is 21.9 Å². The number of carbonyl (C=O) groups excluding carboxylic acids is 9. The number of thiazole rings is 1. The Bertz CT molecular complexity index is 2500. The smallest absolute Gasteiger partial charge is 0.290 e. The van der Waals surface area contributed by atoms with Crippen molar-refractivity contribution in [3.8, 4) is 11.5 Å². The quantitative estimate of drug-likeness (QED) is 0.0714. The van der Waals surface area contributed by atoms with Crippen LogP contribution in [0.1, 0.15) is 73.2 Å². The largest absolute Gasteiger partial charge is 0.508 e. The van der Waals surface area contributed by atoms with Crippen LogP contribution in [0.25, 0.3) is 6.08 Å². The van der Waals surface area contributed by atoms with Crippen LogP contribution in [-0.4, -0.2) is 130 Å². The van der Waals surface area contributed by atoms with Crippen LogP contribution in [0, 0.1) is 5.92 Å². The number of rotatable bonds is 13. The lowest BCUT2D eigenvalue weighted by molar-refractivity contribution is -0.141. The van der Waals surface area contributed by atoms with Crippen molar-refractivity contribution in [2.75, 3.05) is 18.8 Å². The minimum Gasteiger partial charge on any atom is -0.508 e. The molecule has 23 nitrogen and oxygen atoms in total. The first-order chi connectivity index (χ1) is 32.1. The molecule has 2 aromatic carbocycles. The predicted molar refractivity (Wildman–Crippen MR) is 244 cm³/mol. The second-order valence-corrected chi connectivity index (χ2v) is 18.1. The van der Waals surface area contributed by atoms with E-state index < -0.39 is 124 Å². The van der Waals surface area contributed by atoms with E-state index in [1.54, 1.807) is 26.0 Å². The van der Waals surface area contributed by atoms with Crippen molar-refractivity contribution in [2.45, 2.75) is 83.2 Å². The number of ketones is 1. The molecular weight excluding hydrogens is 931 g/mol. The van der Waals surface area contributed by atoms with Gasteiger partial charge in [0.2, 0.25) is 41.2 Å². The Labute approximate surface area is 394 Å². The lowest BCUT2D eigenvalue weighted by Crippen LogP contribution is -2.61. The van der Waals surface area contributed by atoms with Crippen molar-refractivity contribution in [1.29, 1.82) is 0 Å². The molecule has 7 atom stereocenters. The number of carbonyl (C=O) groups is 9. The average molecular weight is 984 g/mol. The Morgan fingerprint density at radius 1 is 0.824 bits per heavy atom. The molecule has 0 unspecified atom stereocenters. The summed E-state index contributed by atoms with van der Waals surface area (Å²) in [6, 6.07) is 2.18. The number of phenolic OH excluding ortho intramolecular Hbond substituents is 2. The van der Waals surface area contributed by atoms with Gasteiger partial charge in [-0.15, -0.1) is 11.3 Å². The third-order valence-electron chi connectivity index (χ3n) is 10.4.